The van der Waals surface area contributed by atoms with Crippen molar-refractivity contribution in [2.45, 2.75) is 294 Å². The summed E-state index contributed by atoms with van der Waals surface area (Å²) in [5.41, 5.74) is 0. The van der Waals surface area contributed by atoms with Gasteiger partial charge in [-0.15, -0.1) is 0 Å². The van der Waals surface area contributed by atoms with E-state index in [4.69, 9.17) is 9.47 Å². The zero-order valence-corrected chi connectivity index (χ0v) is 42.2. The van der Waals surface area contributed by atoms with Crippen LogP contribution in [0.3, 0.4) is 0 Å². The van der Waals surface area contributed by atoms with Crippen LogP contribution in [0.4, 0.5) is 0 Å². The van der Waals surface area contributed by atoms with Crippen LogP contribution >= 0.6 is 0 Å². The predicted molar refractivity (Wildman–Crippen MR) is 270 cm³/mol. The van der Waals surface area contributed by atoms with Crippen molar-refractivity contribution in [3.8, 4) is 0 Å². The molecule has 66 heavy (non-hydrogen) atoms. The second kappa shape index (κ2) is 44.5. The number of hydrogen-bond acceptors (Lipinski definition) is 10. The molecular weight excluding hydrogens is 835 g/mol. The molecule has 1 saturated heterocycles. The van der Waals surface area contributed by atoms with Crippen molar-refractivity contribution in [3.05, 3.63) is 36.5 Å². The fourth-order valence-corrected chi connectivity index (χ4v) is 8.62. The molecule has 0 spiro atoms. The molecule has 388 valence electrons. The Balaban J connectivity index is 2.25. The molecule has 0 saturated carbocycles. The number of carbonyl (C=O) groups excluding carboxylic acids is 1. The van der Waals surface area contributed by atoms with Crippen LogP contribution in [-0.4, -0.2) is 110 Å². The van der Waals surface area contributed by atoms with E-state index in [1.165, 1.54) is 141 Å². The highest BCUT2D eigenvalue weighted by atomic mass is 16.7. The summed E-state index contributed by atoms with van der Waals surface area (Å²) in [6.45, 7) is 3.36. The van der Waals surface area contributed by atoms with Crippen LogP contribution in [-0.2, 0) is 14.3 Å². The van der Waals surface area contributed by atoms with Crippen LogP contribution in [0, 0.1) is 0 Å². The lowest BCUT2D eigenvalue weighted by molar-refractivity contribution is -0.303. The van der Waals surface area contributed by atoms with Gasteiger partial charge in [0, 0.05) is 0 Å². The Morgan fingerprint density at radius 2 is 0.924 bits per heavy atom. The molecule has 0 aromatic carbocycles. The van der Waals surface area contributed by atoms with Crippen molar-refractivity contribution in [1.29, 1.82) is 0 Å². The lowest BCUT2D eigenvalue weighted by Gasteiger charge is -2.40. The molecule has 11 nitrogen and oxygen atoms in total. The molecule has 1 amide bonds. The maximum absolute atomic E-state index is 13.0. The minimum absolute atomic E-state index is 0.228. The van der Waals surface area contributed by atoms with Crippen LogP contribution in [0.1, 0.15) is 239 Å². The minimum atomic E-state index is -1.67. The van der Waals surface area contributed by atoms with Crippen molar-refractivity contribution < 1.29 is 50.0 Å². The number of aliphatic hydroxyl groups excluding tert-OH is 7. The van der Waals surface area contributed by atoms with E-state index in [-0.39, 0.29) is 12.8 Å². The van der Waals surface area contributed by atoms with Gasteiger partial charge in [0.2, 0.25) is 5.91 Å². The summed E-state index contributed by atoms with van der Waals surface area (Å²) < 4.78 is 11.1. The molecule has 9 unspecified atom stereocenters. The Hall–Kier alpha value is -1.67. The van der Waals surface area contributed by atoms with Gasteiger partial charge in [-0.3, -0.25) is 4.79 Å². The number of unbranched alkanes of at least 4 members (excludes halogenated alkanes) is 28. The monoisotopic (exact) mass is 938 g/mol. The zero-order valence-electron chi connectivity index (χ0n) is 42.2. The van der Waals surface area contributed by atoms with Crippen LogP contribution in [0.15, 0.2) is 36.5 Å². The molecule has 0 aromatic heterocycles. The second-order valence-corrected chi connectivity index (χ2v) is 19.3. The van der Waals surface area contributed by atoms with Gasteiger partial charge in [-0.05, 0) is 70.6 Å². The first kappa shape index (κ1) is 62.3. The van der Waals surface area contributed by atoms with E-state index in [0.29, 0.717) is 19.3 Å². The molecule has 0 bridgehead atoms. The fourth-order valence-electron chi connectivity index (χ4n) is 8.62. The van der Waals surface area contributed by atoms with Crippen molar-refractivity contribution in [1.82, 2.24) is 5.32 Å². The number of nitrogens with one attached hydrogen (secondary N) is 1. The van der Waals surface area contributed by atoms with Crippen LogP contribution < -0.4 is 5.32 Å². The Morgan fingerprint density at radius 1 is 0.515 bits per heavy atom. The highest BCUT2D eigenvalue weighted by Crippen LogP contribution is 2.23. The van der Waals surface area contributed by atoms with Crippen LogP contribution in [0.2, 0.25) is 0 Å². The second-order valence-electron chi connectivity index (χ2n) is 19.3. The Morgan fingerprint density at radius 3 is 1.39 bits per heavy atom. The highest BCUT2D eigenvalue weighted by Gasteiger charge is 2.44. The summed E-state index contributed by atoms with van der Waals surface area (Å²) in [7, 11) is 0. The van der Waals surface area contributed by atoms with E-state index < -0.39 is 74.2 Å². The molecule has 1 aliphatic heterocycles. The first-order chi connectivity index (χ1) is 32.2. The standard InChI is InChI=1S/C55H103NO10/c1-3-5-7-9-11-13-14-15-16-17-18-19-20-21-22-23-24-25-26-27-28-29-30-31-32-33-35-36-38-40-42-47(58)50(60)46(45-65-55-53(63)52(62)51(61)49(44-57)66-55)56-54(64)48(59)43-41-39-37-34-12-10-8-6-4-2/h10,12,30-31,35-36,46-53,55,57-63H,3-9,11,13-29,32-34,37-45H2,1-2H3,(H,56,64)/b12-10-,31-30+,36-35+. The Bertz CT molecular complexity index is 1170. The molecule has 1 rings (SSSR count). The zero-order chi connectivity index (χ0) is 48.3. The lowest BCUT2D eigenvalue weighted by Crippen LogP contribution is -2.60. The number of ether oxygens (including phenoxy) is 2. The number of amides is 1. The SMILES string of the molecule is CCCC/C=C\CCCCCC(O)C(=O)NC(COC1OC(CO)C(O)C(O)C1O)C(O)C(O)CCC/C=C/CC/C=C/CCCCCCCCCCCCCCCCCCCCCCC. The normalized spacial score (nSPS) is 21.0. The number of rotatable bonds is 46. The third-order valence-electron chi connectivity index (χ3n) is 13.1. The smallest absolute Gasteiger partial charge is 0.249 e. The average Bonchev–Trinajstić information content (AvgIpc) is 3.32. The molecule has 0 radical (unpaired) electrons. The molecule has 8 N–H and O–H groups in total. The van der Waals surface area contributed by atoms with E-state index in [2.05, 4.69) is 55.6 Å². The largest absolute Gasteiger partial charge is 0.394 e. The lowest BCUT2D eigenvalue weighted by atomic mass is 9.98. The molecule has 11 heteroatoms. The molecule has 1 fully saturated rings. The first-order valence-electron chi connectivity index (χ1n) is 27.4. The van der Waals surface area contributed by atoms with E-state index >= 15 is 0 Å². The summed E-state index contributed by atoms with van der Waals surface area (Å²) in [6.07, 6.45) is 42.5. The summed E-state index contributed by atoms with van der Waals surface area (Å²) in [4.78, 5) is 13.0. The topological polar surface area (TPSA) is 189 Å². The van der Waals surface area contributed by atoms with Crippen LogP contribution in [0.5, 0.6) is 0 Å². The predicted octanol–water partition coefficient (Wildman–Crippen LogP) is 10.7. The van der Waals surface area contributed by atoms with E-state index in [1.807, 2.05) is 0 Å². The molecular formula is C55H103NO10. The van der Waals surface area contributed by atoms with Gasteiger partial charge in [-0.2, -0.15) is 0 Å². The number of allylic oxidation sites excluding steroid dienone is 6. The minimum Gasteiger partial charge on any atom is -0.394 e. The van der Waals surface area contributed by atoms with Gasteiger partial charge in [0.05, 0.1) is 25.4 Å². The molecule has 1 heterocycles. The summed E-state index contributed by atoms with van der Waals surface area (Å²) in [5, 5.41) is 75.6. The molecule has 0 aliphatic carbocycles. The molecule has 1 aliphatic rings. The van der Waals surface area contributed by atoms with Gasteiger partial charge in [-0.25, -0.2) is 0 Å². The summed E-state index contributed by atoms with van der Waals surface area (Å²) in [5.74, 6) is -0.726. The average molecular weight is 938 g/mol. The number of hydrogen-bond donors (Lipinski definition) is 8. The quantitative estimate of drug-likeness (QED) is 0.0215. The summed E-state index contributed by atoms with van der Waals surface area (Å²) >= 11 is 0. The van der Waals surface area contributed by atoms with Gasteiger partial charge < -0.3 is 50.5 Å². The van der Waals surface area contributed by atoms with Crippen LogP contribution in [0.25, 0.3) is 0 Å². The number of aliphatic hydroxyl groups is 7. The van der Waals surface area contributed by atoms with E-state index in [0.717, 1.165) is 51.4 Å². The van der Waals surface area contributed by atoms with E-state index in [1.54, 1.807) is 0 Å². The maximum Gasteiger partial charge on any atom is 0.249 e. The van der Waals surface area contributed by atoms with Crippen molar-refractivity contribution in [2.24, 2.45) is 0 Å². The van der Waals surface area contributed by atoms with Gasteiger partial charge in [-0.1, -0.05) is 204 Å². The van der Waals surface area contributed by atoms with Crippen molar-refractivity contribution >= 4 is 5.91 Å². The fraction of sp³-hybridized carbons (Fsp3) is 0.873. The Labute approximate surface area is 403 Å². The summed E-state index contributed by atoms with van der Waals surface area (Å²) in [6, 6.07) is -1.20. The number of carbonyl (C=O) groups is 1. The van der Waals surface area contributed by atoms with Crippen molar-refractivity contribution in [2.75, 3.05) is 13.2 Å². The third-order valence-corrected chi connectivity index (χ3v) is 13.1. The third kappa shape index (κ3) is 33.0. The van der Waals surface area contributed by atoms with Gasteiger partial charge in [0.1, 0.15) is 36.6 Å². The van der Waals surface area contributed by atoms with Gasteiger partial charge in [0.15, 0.2) is 6.29 Å². The van der Waals surface area contributed by atoms with Crippen molar-refractivity contribution in [3.63, 3.8) is 0 Å². The van der Waals surface area contributed by atoms with E-state index in [9.17, 15) is 40.5 Å². The molecule has 9 atom stereocenters. The molecule has 0 aromatic rings. The van der Waals surface area contributed by atoms with Gasteiger partial charge >= 0.3 is 0 Å². The highest BCUT2D eigenvalue weighted by molar-refractivity contribution is 5.80. The Kier molecular flexibility index (Phi) is 42.1. The van der Waals surface area contributed by atoms with Gasteiger partial charge in [0.25, 0.3) is 0 Å². The maximum atomic E-state index is 13.0. The first-order valence-corrected chi connectivity index (χ1v) is 27.4.